The zero-order chi connectivity index (χ0) is 22.2. The largest absolute Gasteiger partial charge is 0.380 e. The highest BCUT2D eigenvalue weighted by Gasteiger charge is 2.25. The molecule has 4 heterocycles. The van der Waals surface area contributed by atoms with E-state index in [1.807, 2.05) is 23.0 Å². The van der Waals surface area contributed by atoms with Gasteiger partial charge in [-0.25, -0.2) is 4.98 Å². The van der Waals surface area contributed by atoms with Crippen LogP contribution >= 0.6 is 0 Å². The Balaban J connectivity index is 1.58. The summed E-state index contributed by atoms with van der Waals surface area (Å²) in [6.45, 7) is 5.19. The van der Waals surface area contributed by atoms with E-state index >= 15 is 0 Å². The van der Waals surface area contributed by atoms with Crippen LogP contribution in [0.3, 0.4) is 0 Å². The number of fused-ring (bicyclic) bond motifs is 1. The molecule has 4 rings (SSSR count). The molecule has 1 aliphatic rings. The molecule has 32 heavy (non-hydrogen) atoms. The molecule has 1 N–H and O–H groups in total. The number of hydrogen-bond donors (Lipinski definition) is 1. The Kier molecular flexibility index (Phi) is 7.57. The maximum Gasteiger partial charge on any atom is 0.162 e. The van der Waals surface area contributed by atoms with Crippen LogP contribution in [-0.4, -0.2) is 45.4 Å². The molecule has 0 saturated carbocycles. The number of anilines is 2. The third-order valence-electron chi connectivity index (χ3n) is 6.02. The second-order valence-corrected chi connectivity index (χ2v) is 8.17. The Morgan fingerprint density at radius 1 is 1.28 bits per heavy atom. The molecule has 0 radical (unpaired) electrons. The molecule has 1 fully saturated rings. The van der Waals surface area contributed by atoms with Gasteiger partial charge in [0.25, 0.3) is 0 Å². The molecule has 0 spiro atoms. The van der Waals surface area contributed by atoms with Crippen molar-refractivity contribution in [2.24, 2.45) is 0 Å². The minimum atomic E-state index is 0.420. The van der Waals surface area contributed by atoms with Crippen molar-refractivity contribution in [3.63, 3.8) is 0 Å². The molecule has 7 nitrogen and oxygen atoms in total. The van der Waals surface area contributed by atoms with Gasteiger partial charge in [-0.15, -0.1) is 12.3 Å². The molecule has 1 unspecified atom stereocenters. The Morgan fingerprint density at radius 3 is 3.03 bits per heavy atom. The number of nitrogens with one attached hydrogen (secondary N) is 1. The number of nitrogens with zero attached hydrogens (tertiary/aromatic N) is 5. The van der Waals surface area contributed by atoms with Gasteiger partial charge in [-0.05, 0) is 43.7 Å². The molecule has 3 aromatic heterocycles. The minimum Gasteiger partial charge on any atom is -0.380 e. The van der Waals surface area contributed by atoms with Gasteiger partial charge in [0.15, 0.2) is 5.65 Å². The monoisotopic (exact) mass is 432 g/mol. The zero-order valence-electron chi connectivity index (χ0n) is 18.8. The molecule has 0 aliphatic carbocycles. The second kappa shape index (κ2) is 11.0. The fourth-order valence-electron chi connectivity index (χ4n) is 4.27. The summed E-state index contributed by atoms with van der Waals surface area (Å²) >= 11 is 0. The highest BCUT2D eigenvalue weighted by atomic mass is 16.5. The minimum absolute atomic E-state index is 0.420. The van der Waals surface area contributed by atoms with E-state index in [0.717, 1.165) is 60.8 Å². The number of aryl methyl sites for hydroxylation is 1. The highest BCUT2D eigenvalue weighted by Crippen LogP contribution is 2.29. The SMILES string of the molecule is C#CCCOCCC1CCCCN1c1cc(NCc2cccnc2)n2ncc(CC)c2n1. The summed E-state index contributed by atoms with van der Waals surface area (Å²) in [5, 5.41) is 8.16. The van der Waals surface area contributed by atoms with E-state index in [1.54, 1.807) is 6.20 Å². The molecule has 7 heteroatoms. The van der Waals surface area contributed by atoms with E-state index in [9.17, 15) is 0 Å². The predicted octanol–water partition coefficient (Wildman–Crippen LogP) is 4.09. The lowest BCUT2D eigenvalue weighted by Gasteiger charge is -2.37. The van der Waals surface area contributed by atoms with E-state index in [4.69, 9.17) is 16.1 Å². The van der Waals surface area contributed by atoms with Gasteiger partial charge >= 0.3 is 0 Å². The number of ether oxygens (including phenoxy) is 1. The van der Waals surface area contributed by atoms with Crippen LogP contribution < -0.4 is 10.2 Å². The van der Waals surface area contributed by atoms with Crippen LogP contribution in [0, 0.1) is 12.3 Å². The molecule has 1 saturated heterocycles. The van der Waals surface area contributed by atoms with Crippen molar-refractivity contribution < 1.29 is 4.74 Å². The quantitative estimate of drug-likeness (QED) is 0.385. The van der Waals surface area contributed by atoms with Crippen molar-refractivity contribution in [1.29, 1.82) is 0 Å². The van der Waals surface area contributed by atoms with Gasteiger partial charge in [-0.1, -0.05) is 13.0 Å². The van der Waals surface area contributed by atoms with Gasteiger partial charge in [0.1, 0.15) is 11.6 Å². The summed E-state index contributed by atoms with van der Waals surface area (Å²) in [7, 11) is 0. The van der Waals surface area contributed by atoms with Crippen LogP contribution in [-0.2, 0) is 17.7 Å². The van der Waals surface area contributed by atoms with E-state index < -0.39 is 0 Å². The summed E-state index contributed by atoms with van der Waals surface area (Å²) in [6, 6.07) is 6.58. The smallest absolute Gasteiger partial charge is 0.162 e. The summed E-state index contributed by atoms with van der Waals surface area (Å²) < 4.78 is 7.66. The Bertz CT molecular complexity index is 1040. The summed E-state index contributed by atoms with van der Waals surface area (Å²) in [5.41, 5.74) is 3.21. The number of piperidine rings is 1. The molecular formula is C25H32N6O. The van der Waals surface area contributed by atoms with Gasteiger partial charge in [-0.3, -0.25) is 4.98 Å². The summed E-state index contributed by atoms with van der Waals surface area (Å²) in [4.78, 5) is 11.7. The number of hydrogen-bond acceptors (Lipinski definition) is 6. The van der Waals surface area contributed by atoms with Gasteiger partial charge in [0.05, 0.1) is 12.8 Å². The van der Waals surface area contributed by atoms with Crippen molar-refractivity contribution in [2.75, 3.05) is 30.0 Å². The van der Waals surface area contributed by atoms with Crippen LogP contribution in [0.1, 0.15) is 50.2 Å². The van der Waals surface area contributed by atoms with Crippen molar-refractivity contribution in [1.82, 2.24) is 19.6 Å². The van der Waals surface area contributed by atoms with Crippen LogP contribution in [0.5, 0.6) is 0 Å². The van der Waals surface area contributed by atoms with E-state index in [2.05, 4.69) is 45.3 Å². The van der Waals surface area contributed by atoms with Crippen molar-refractivity contribution in [3.05, 3.63) is 47.9 Å². The van der Waals surface area contributed by atoms with Crippen LogP contribution in [0.2, 0.25) is 0 Å². The molecule has 0 aromatic carbocycles. The van der Waals surface area contributed by atoms with E-state index in [1.165, 1.54) is 12.8 Å². The number of aromatic nitrogens is 4. The Labute approximate surface area is 190 Å². The molecule has 1 aliphatic heterocycles. The fourth-order valence-corrected chi connectivity index (χ4v) is 4.27. The normalized spacial score (nSPS) is 16.2. The van der Waals surface area contributed by atoms with Gasteiger partial charge in [-0.2, -0.15) is 9.61 Å². The third kappa shape index (κ3) is 5.20. The molecule has 3 aromatic rings. The summed E-state index contributed by atoms with van der Waals surface area (Å²) in [5.74, 6) is 4.59. The molecule has 168 valence electrons. The van der Waals surface area contributed by atoms with Crippen molar-refractivity contribution in [2.45, 2.75) is 58.0 Å². The number of terminal acetylenes is 1. The number of pyridine rings is 1. The fraction of sp³-hybridized carbons (Fsp3) is 0.480. The average molecular weight is 433 g/mol. The zero-order valence-corrected chi connectivity index (χ0v) is 18.8. The Hall–Kier alpha value is -3.11. The van der Waals surface area contributed by atoms with Crippen LogP contribution in [0.15, 0.2) is 36.8 Å². The topological polar surface area (TPSA) is 67.6 Å². The Morgan fingerprint density at radius 2 is 2.22 bits per heavy atom. The standard InChI is InChI=1S/C25H32N6O/c1-3-5-14-32-15-11-22-10-6-7-13-30(22)24-16-23(27-18-20-9-8-12-26-17-20)31-25(29-24)21(4-2)19-28-31/h1,8-9,12,16-17,19,22,27H,4-7,10-11,13-15,18H2,2H3. The highest BCUT2D eigenvalue weighted by molar-refractivity contribution is 5.61. The lowest BCUT2D eigenvalue weighted by atomic mass is 9.99. The average Bonchev–Trinajstić information content (AvgIpc) is 3.26. The first-order valence-electron chi connectivity index (χ1n) is 11.6. The van der Waals surface area contributed by atoms with Crippen LogP contribution in [0.25, 0.3) is 5.65 Å². The van der Waals surface area contributed by atoms with Gasteiger partial charge < -0.3 is 15.0 Å². The first kappa shape index (κ1) is 22.1. The maximum atomic E-state index is 5.74. The number of rotatable bonds is 10. The lowest BCUT2D eigenvalue weighted by molar-refractivity contribution is 0.129. The van der Waals surface area contributed by atoms with Crippen LogP contribution in [0.4, 0.5) is 11.6 Å². The lowest BCUT2D eigenvalue weighted by Crippen LogP contribution is -2.41. The predicted molar refractivity (Wildman–Crippen MR) is 128 cm³/mol. The van der Waals surface area contributed by atoms with Crippen molar-refractivity contribution in [3.8, 4) is 12.3 Å². The first-order valence-corrected chi connectivity index (χ1v) is 11.6. The van der Waals surface area contributed by atoms with E-state index in [-0.39, 0.29) is 0 Å². The summed E-state index contributed by atoms with van der Waals surface area (Å²) in [6.07, 6.45) is 17.0. The first-order chi connectivity index (χ1) is 15.8. The molecular weight excluding hydrogens is 400 g/mol. The molecule has 0 bridgehead atoms. The molecule has 1 atom stereocenters. The van der Waals surface area contributed by atoms with Crippen molar-refractivity contribution >= 4 is 17.3 Å². The second-order valence-electron chi connectivity index (χ2n) is 8.17. The van der Waals surface area contributed by atoms with Gasteiger partial charge in [0, 0.05) is 56.2 Å². The maximum absolute atomic E-state index is 5.74. The van der Waals surface area contributed by atoms with Gasteiger partial charge in [0.2, 0.25) is 0 Å². The molecule has 0 amide bonds. The third-order valence-corrected chi connectivity index (χ3v) is 6.02. The van der Waals surface area contributed by atoms with E-state index in [0.29, 0.717) is 25.6 Å².